The van der Waals surface area contributed by atoms with Gasteiger partial charge in [0.15, 0.2) is 0 Å². The van der Waals surface area contributed by atoms with E-state index in [4.69, 9.17) is 4.74 Å². The van der Waals surface area contributed by atoms with Crippen LogP contribution in [0, 0.1) is 6.92 Å². The van der Waals surface area contributed by atoms with E-state index in [1.165, 1.54) is 0 Å². The fourth-order valence-corrected chi connectivity index (χ4v) is 4.60. The van der Waals surface area contributed by atoms with E-state index in [0.29, 0.717) is 19.4 Å². The molecule has 8 nitrogen and oxygen atoms in total. The van der Waals surface area contributed by atoms with Crippen LogP contribution in [0.25, 0.3) is 0 Å². The van der Waals surface area contributed by atoms with Crippen LogP contribution in [-0.4, -0.2) is 76.4 Å². The number of benzene rings is 1. The molecule has 3 atom stereocenters. The Morgan fingerprint density at radius 2 is 1.93 bits per heavy atom. The van der Waals surface area contributed by atoms with E-state index in [1.807, 2.05) is 21.0 Å². The molecule has 3 N–H and O–H groups in total. The maximum atomic E-state index is 12.6. The number of amides is 1. The molecule has 2 rings (SSSR count). The summed E-state index contributed by atoms with van der Waals surface area (Å²) in [6, 6.07) is 6.05. The first kappa shape index (κ1) is 23.8. The van der Waals surface area contributed by atoms with Crippen LogP contribution in [0.2, 0.25) is 0 Å². The van der Waals surface area contributed by atoms with Gasteiger partial charge in [0.05, 0.1) is 36.2 Å². The molecule has 1 saturated heterocycles. The number of sulfonamides is 1. The van der Waals surface area contributed by atoms with E-state index in [2.05, 4.69) is 14.9 Å². The van der Waals surface area contributed by atoms with Crippen LogP contribution in [0.1, 0.15) is 31.2 Å². The zero-order valence-electron chi connectivity index (χ0n) is 17.4. The van der Waals surface area contributed by atoms with Crippen molar-refractivity contribution >= 4 is 15.9 Å². The van der Waals surface area contributed by atoms with E-state index in [-0.39, 0.29) is 29.9 Å². The summed E-state index contributed by atoms with van der Waals surface area (Å²) in [6.45, 7) is 3.07. The normalized spacial score (nSPS) is 22.6. The summed E-state index contributed by atoms with van der Waals surface area (Å²) in [6.07, 6.45) is 1.09. The maximum Gasteiger partial charge on any atom is 0.240 e. The number of carbonyl (C=O) groups excluding carboxylic acids is 1. The Hall–Kier alpha value is -1.52. The Morgan fingerprint density at radius 3 is 2.55 bits per heavy atom. The number of nitrogens with one attached hydrogen (secondary N) is 2. The van der Waals surface area contributed by atoms with Crippen LogP contribution < -0.4 is 10.0 Å². The van der Waals surface area contributed by atoms with Gasteiger partial charge in [-0.1, -0.05) is 17.7 Å². The van der Waals surface area contributed by atoms with Gasteiger partial charge in [-0.25, -0.2) is 13.1 Å². The fraction of sp³-hybridized carbons (Fsp3) is 0.650. The van der Waals surface area contributed by atoms with Gasteiger partial charge in [0.2, 0.25) is 15.9 Å². The number of aliphatic hydroxyl groups excluding tert-OH is 1. The smallest absolute Gasteiger partial charge is 0.240 e. The van der Waals surface area contributed by atoms with Crippen LogP contribution in [0.5, 0.6) is 0 Å². The monoisotopic (exact) mass is 427 g/mol. The quantitative estimate of drug-likeness (QED) is 0.473. The molecule has 0 aromatic heterocycles. The zero-order valence-corrected chi connectivity index (χ0v) is 18.2. The summed E-state index contributed by atoms with van der Waals surface area (Å²) in [5, 5.41) is 12.6. The molecule has 0 unspecified atom stereocenters. The predicted molar refractivity (Wildman–Crippen MR) is 111 cm³/mol. The van der Waals surface area contributed by atoms with Gasteiger partial charge in [0.1, 0.15) is 0 Å². The second-order valence-corrected chi connectivity index (χ2v) is 9.52. The first-order valence-electron chi connectivity index (χ1n) is 9.98. The predicted octanol–water partition coefficient (Wildman–Crippen LogP) is 0.640. The van der Waals surface area contributed by atoms with E-state index in [0.717, 1.165) is 18.5 Å². The molecule has 0 spiro atoms. The van der Waals surface area contributed by atoms with Crippen molar-refractivity contribution in [3.05, 3.63) is 29.8 Å². The molecule has 1 aromatic carbocycles. The Balaban J connectivity index is 1.85. The van der Waals surface area contributed by atoms with Gasteiger partial charge in [-0.05, 0) is 59.0 Å². The van der Waals surface area contributed by atoms with Crippen LogP contribution in [-0.2, 0) is 19.6 Å². The summed E-state index contributed by atoms with van der Waals surface area (Å²) in [4.78, 5) is 14.3. The molecule has 164 valence electrons. The Morgan fingerprint density at radius 1 is 1.24 bits per heavy atom. The SMILES string of the molecule is Cc1ccc(S(=O)(=O)N[C@H]2CC[C@@H](CC(=O)NCCCN(C)C)O[C@H]2CO)cc1. The van der Waals surface area contributed by atoms with Crippen molar-refractivity contribution < 1.29 is 23.1 Å². The largest absolute Gasteiger partial charge is 0.394 e. The second-order valence-electron chi connectivity index (χ2n) is 7.81. The van der Waals surface area contributed by atoms with Crippen LogP contribution >= 0.6 is 0 Å². The molecule has 1 aromatic rings. The lowest BCUT2D eigenvalue weighted by Gasteiger charge is -2.35. The van der Waals surface area contributed by atoms with Gasteiger partial charge < -0.3 is 20.1 Å². The van der Waals surface area contributed by atoms with Crippen molar-refractivity contribution in [2.45, 2.75) is 55.8 Å². The third-order valence-corrected chi connectivity index (χ3v) is 6.46. The summed E-state index contributed by atoms with van der Waals surface area (Å²) >= 11 is 0. The molecule has 0 aliphatic carbocycles. The molecule has 29 heavy (non-hydrogen) atoms. The van der Waals surface area contributed by atoms with Crippen molar-refractivity contribution in [3.8, 4) is 0 Å². The highest BCUT2D eigenvalue weighted by Crippen LogP contribution is 2.23. The first-order valence-corrected chi connectivity index (χ1v) is 11.5. The summed E-state index contributed by atoms with van der Waals surface area (Å²) in [5.41, 5.74) is 0.973. The number of carbonyl (C=O) groups is 1. The molecule has 1 aliphatic heterocycles. The highest BCUT2D eigenvalue weighted by atomic mass is 32.2. The zero-order chi connectivity index (χ0) is 21.4. The molecule has 9 heteroatoms. The molecule has 0 saturated carbocycles. The number of aryl methyl sites for hydroxylation is 1. The second kappa shape index (κ2) is 11.0. The Kier molecular flexibility index (Phi) is 9.04. The molecule has 1 aliphatic rings. The topological polar surface area (TPSA) is 108 Å². The highest BCUT2D eigenvalue weighted by molar-refractivity contribution is 7.89. The van der Waals surface area contributed by atoms with Gasteiger partial charge in [-0.3, -0.25) is 4.79 Å². The number of aliphatic hydroxyl groups is 1. The lowest BCUT2D eigenvalue weighted by molar-refractivity contribution is -0.130. The average Bonchev–Trinajstić information content (AvgIpc) is 2.66. The third kappa shape index (κ3) is 7.67. The molecule has 1 amide bonds. The number of nitrogens with zero attached hydrogens (tertiary/aromatic N) is 1. The third-order valence-electron chi connectivity index (χ3n) is 4.95. The van der Waals surface area contributed by atoms with E-state index < -0.39 is 22.2 Å². The van der Waals surface area contributed by atoms with Crippen molar-refractivity contribution in [2.24, 2.45) is 0 Å². The van der Waals surface area contributed by atoms with E-state index >= 15 is 0 Å². The highest BCUT2D eigenvalue weighted by Gasteiger charge is 2.34. The number of rotatable bonds is 10. The van der Waals surface area contributed by atoms with E-state index in [1.54, 1.807) is 24.3 Å². The van der Waals surface area contributed by atoms with Crippen molar-refractivity contribution in [1.82, 2.24) is 14.9 Å². The Labute approximate surface area is 173 Å². The van der Waals surface area contributed by atoms with Crippen molar-refractivity contribution in [3.63, 3.8) is 0 Å². The summed E-state index contributed by atoms with van der Waals surface area (Å²) < 4.78 is 33.7. The minimum Gasteiger partial charge on any atom is -0.394 e. The average molecular weight is 428 g/mol. The van der Waals surface area contributed by atoms with E-state index in [9.17, 15) is 18.3 Å². The van der Waals surface area contributed by atoms with Gasteiger partial charge in [0.25, 0.3) is 0 Å². The lowest BCUT2D eigenvalue weighted by Crippen LogP contribution is -2.51. The van der Waals surface area contributed by atoms with Gasteiger partial charge >= 0.3 is 0 Å². The van der Waals surface area contributed by atoms with Gasteiger partial charge in [-0.15, -0.1) is 0 Å². The van der Waals surface area contributed by atoms with Crippen molar-refractivity contribution in [1.29, 1.82) is 0 Å². The van der Waals surface area contributed by atoms with Crippen LogP contribution in [0.4, 0.5) is 0 Å². The fourth-order valence-electron chi connectivity index (χ4n) is 3.30. The first-order chi connectivity index (χ1) is 13.7. The van der Waals surface area contributed by atoms with Crippen molar-refractivity contribution in [2.75, 3.05) is 33.8 Å². The lowest BCUT2D eigenvalue weighted by atomic mass is 9.98. The number of hydrogen-bond acceptors (Lipinski definition) is 6. The number of ether oxygens (including phenoxy) is 1. The maximum absolute atomic E-state index is 12.6. The molecule has 1 fully saturated rings. The summed E-state index contributed by atoms with van der Waals surface area (Å²) in [5.74, 6) is -0.0934. The summed E-state index contributed by atoms with van der Waals surface area (Å²) in [7, 11) is 0.258. The molecule has 0 radical (unpaired) electrons. The molecular formula is C20H33N3O5S. The van der Waals surface area contributed by atoms with Crippen LogP contribution in [0.15, 0.2) is 29.2 Å². The molecular weight excluding hydrogens is 394 g/mol. The van der Waals surface area contributed by atoms with Crippen LogP contribution in [0.3, 0.4) is 0 Å². The number of hydrogen-bond donors (Lipinski definition) is 3. The van der Waals surface area contributed by atoms with Gasteiger partial charge in [0, 0.05) is 6.54 Å². The minimum absolute atomic E-state index is 0.0934. The molecule has 1 heterocycles. The minimum atomic E-state index is -3.71. The van der Waals surface area contributed by atoms with Gasteiger partial charge in [-0.2, -0.15) is 0 Å². The Bertz CT molecular complexity index is 752. The standard InChI is InChI=1S/C20H33N3O5S/c1-15-5-8-17(9-6-15)29(26,27)22-18-10-7-16(28-19(18)14-24)13-20(25)21-11-4-12-23(2)3/h5-6,8-9,16,18-19,22,24H,4,7,10-14H2,1-3H3,(H,21,25)/t16-,18-,19-/m0/s1. The molecule has 0 bridgehead atoms.